The van der Waals surface area contributed by atoms with Crippen LogP contribution in [0.1, 0.15) is 31.1 Å². The number of allylic oxidation sites excluding steroid dienone is 1. The van der Waals surface area contributed by atoms with Gasteiger partial charge in [0.15, 0.2) is 6.23 Å². The number of esters is 1. The minimum Gasteiger partial charge on any atom is -0.466 e. The molecule has 0 aliphatic carbocycles. The molecule has 1 aliphatic rings. The molecule has 1 saturated heterocycles. The highest BCUT2D eigenvalue weighted by molar-refractivity contribution is 9.10. The van der Waals surface area contributed by atoms with E-state index in [1.54, 1.807) is 6.08 Å². The van der Waals surface area contributed by atoms with Crippen molar-refractivity contribution in [2.75, 3.05) is 13.7 Å². The van der Waals surface area contributed by atoms with Crippen molar-refractivity contribution in [2.45, 2.75) is 31.9 Å². The van der Waals surface area contributed by atoms with Crippen molar-refractivity contribution in [1.82, 2.24) is 9.78 Å². The van der Waals surface area contributed by atoms with Gasteiger partial charge < -0.3 is 9.47 Å². The van der Waals surface area contributed by atoms with Crippen molar-refractivity contribution in [3.8, 4) is 0 Å². The largest absolute Gasteiger partial charge is 0.466 e. The molecule has 1 aromatic heterocycles. The van der Waals surface area contributed by atoms with E-state index in [1.807, 2.05) is 16.9 Å². The van der Waals surface area contributed by atoms with Gasteiger partial charge in [0.05, 0.1) is 18.8 Å². The number of methoxy groups -OCH3 is 1. The van der Waals surface area contributed by atoms with E-state index in [0.29, 0.717) is 11.4 Å². The molecule has 24 heavy (non-hydrogen) atoms. The Morgan fingerprint density at radius 1 is 1.58 bits per heavy atom. The first kappa shape index (κ1) is 17.5. The summed E-state index contributed by atoms with van der Waals surface area (Å²) in [5.41, 5.74) is 1.85. The summed E-state index contributed by atoms with van der Waals surface area (Å²) in [5, 5.41) is 6.10. The first-order valence-electron chi connectivity index (χ1n) is 7.82. The third-order valence-corrected chi connectivity index (χ3v) is 5.34. The van der Waals surface area contributed by atoms with Gasteiger partial charge in [-0.3, -0.25) is 0 Å². The van der Waals surface area contributed by atoms with Crippen LogP contribution in [-0.2, 0) is 20.7 Å². The van der Waals surface area contributed by atoms with Crippen LogP contribution in [0.3, 0.4) is 0 Å². The van der Waals surface area contributed by atoms with Crippen molar-refractivity contribution in [1.29, 1.82) is 0 Å². The topological polar surface area (TPSA) is 53.3 Å². The zero-order valence-electron chi connectivity index (χ0n) is 13.3. The van der Waals surface area contributed by atoms with Gasteiger partial charge in [0.1, 0.15) is 0 Å². The van der Waals surface area contributed by atoms with E-state index in [4.69, 9.17) is 16.3 Å². The van der Waals surface area contributed by atoms with Gasteiger partial charge in [-0.1, -0.05) is 17.7 Å². The lowest BCUT2D eigenvalue weighted by molar-refractivity contribution is -0.134. The zero-order chi connectivity index (χ0) is 17.1. The lowest BCUT2D eigenvalue weighted by atomic mass is 10.1. The number of benzene rings is 1. The Morgan fingerprint density at radius 2 is 2.42 bits per heavy atom. The summed E-state index contributed by atoms with van der Waals surface area (Å²) in [5.74, 6) is -0.384. The average molecular weight is 414 g/mol. The minimum absolute atomic E-state index is 0.0377. The highest BCUT2D eigenvalue weighted by atomic mass is 79.9. The van der Waals surface area contributed by atoms with Crippen molar-refractivity contribution in [3.05, 3.63) is 39.5 Å². The van der Waals surface area contributed by atoms with Gasteiger partial charge in [0, 0.05) is 27.6 Å². The first-order chi connectivity index (χ1) is 11.6. The maximum absolute atomic E-state index is 11.2. The quantitative estimate of drug-likeness (QED) is 0.550. The van der Waals surface area contributed by atoms with Crippen LogP contribution in [0, 0.1) is 0 Å². The van der Waals surface area contributed by atoms with Crippen LogP contribution in [0.2, 0.25) is 5.02 Å². The van der Waals surface area contributed by atoms with Gasteiger partial charge in [-0.15, -0.1) is 0 Å². The summed E-state index contributed by atoms with van der Waals surface area (Å²) in [7, 11) is 1.35. The van der Waals surface area contributed by atoms with Crippen LogP contribution in [0.25, 0.3) is 10.9 Å². The number of ether oxygens (including phenoxy) is 2. The van der Waals surface area contributed by atoms with Crippen LogP contribution in [0.15, 0.2) is 28.9 Å². The molecule has 1 aliphatic heterocycles. The van der Waals surface area contributed by atoms with E-state index in [-0.39, 0.29) is 12.2 Å². The molecule has 1 atom stereocenters. The SMILES string of the molecule is COC(=O)/C=C/Cc1c(Cl)cc2c(cnn2C2CCCCO2)c1Br. The van der Waals surface area contributed by atoms with E-state index < -0.39 is 0 Å². The van der Waals surface area contributed by atoms with E-state index in [0.717, 1.165) is 46.8 Å². The summed E-state index contributed by atoms with van der Waals surface area (Å²) in [6, 6.07) is 1.91. The molecule has 1 aromatic carbocycles. The summed E-state index contributed by atoms with van der Waals surface area (Å²) < 4.78 is 13.2. The Hall–Kier alpha value is -1.37. The van der Waals surface area contributed by atoms with E-state index in [2.05, 4.69) is 25.8 Å². The third kappa shape index (κ3) is 3.50. The van der Waals surface area contributed by atoms with Crippen molar-refractivity contribution >= 4 is 44.4 Å². The molecule has 128 valence electrons. The third-order valence-electron chi connectivity index (χ3n) is 4.09. The van der Waals surface area contributed by atoms with Gasteiger partial charge in [0.25, 0.3) is 0 Å². The van der Waals surface area contributed by atoms with Gasteiger partial charge in [0.2, 0.25) is 0 Å². The second kappa shape index (κ2) is 7.68. The molecule has 0 spiro atoms. The number of hydrogen-bond acceptors (Lipinski definition) is 4. The molecule has 0 N–H and O–H groups in total. The van der Waals surface area contributed by atoms with Gasteiger partial charge in [-0.05, 0) is 53.2 Å². The number of carbonyl (C=O) groups is 1. The Morgan fingerprint density at radius 3 is 3.12 bits per heavy atom. The molecule has 0 radical (unpaired) electrons. The fraction of sp³-hybridized carbons (Fsp3) is 0.412. The van der Waals surface area contributed by atoms with Crippen LogP contribution < -0.4 is 0 Å². The van der Waals surface area contributed by atoms with E-state index >= 15 is 0 Å². The smallest absolute Gasteiger partial charge is 0.330 e. The highest BCUT2D eigenvalue weighted by Gasteiger charge is 2.21. The maximum Gasteiger partial charge on any atom is 0.330 e. The van der Waals surface area contributed by atoms with Gasteiger partial charge >= 0.3 is 5.97 Å². The summed E-state index contributed by atoms with van der Waals surface area (Å²) in [6.07, 6.45) is 8.62. The molecule has 1 unspecified atom stereocenters. The summed E-state index contributed by atoms with van der Waals surface area (Å²) >= 11 is 10.1. The fourth-order valence-corrected chi connectivity index (χ4v) is 3.90. The molecule has 5 nitrogen and oxygen atoms in total. The highest BCUT2D eigenvalue weighted by Crippen LogP contribution is 2.36. The molecule has 0 bridgehead atoms. The number of hydrogen-bond donors (Lipinski definition) is 0. The van der Waals surface area contributed by atoms with Crippen LogP contribution in [0.4, 0.5) is 0 Å². The monoisotopic (exact) mass is 412 g/mol. The molecule has 0 saturated carbocycles. The van der Waals surface area contributed by atoms with Crippen molar-refractivity contribution < 1.29 is 14.3 Å². The number of aromatic nitrogens is 2. The second-order valence-electron chi connectivity index (χ2n) is 5.62. The van der Waals surface area contributed by atoms with Crippen molar-refractivity contribution in [3.63, 3.8) is 0 Å². The molecule has 0 amide bonds. The number of nitrogens with zero attached hydrogens (tertiary/aromatic N) is 2. The summed E-state index contributed by atoms with van der Waals surface area (Å²) in [4.78, 5) is 11.2. The van der Waals surface area contributed by atoms with Crippen LogP contribution >= 0.6 is 27.5 Å². The normalized spacial score (nSPS) is 18.4. The van der Waals surface area contributed by atoms with E-state index in [9.17, 15) is 4.79 Å². The predicted octanol–water partition coefficient (Wildman–Crippen LogP) is 4.42. The fourth-order valence-electron chi connectivity index (χ4n) is 2.83. The zero-order valence-corrected chi connectivity index (χ0v) is 15.6. The van der Waals surface area contributed by atoms with E-state index in [1.165, 1.54) is 13.2 Å². The second-order valence-corrected chi connectivity index (χ2v) is 6.82. The lowest BCUT2D eigenvalue weighted by Gasteiger charge is -2.23. The Kier molecular flexibility index (Phi) is 5.58. The molecular weight excluding hydrogens is 396 g/mol. The molecule has 3 rings (SSSR count). The van der Waals surface area contributed by atoms with Gasteiger partial charge in [-0.25, -0.2) is 9.48 Å². The van der Waals surface area contributed by atoms with Crippen LogP contribution in [0.5, 0.6) is 0 Å². The molecule has 1 fully saturated rings. The number of halogens is 2. The first-order valence-corrected chi connectivity index (χ1v) is 8.99. The van der Waals surface area contributed by atoms with Crippen molar-refractivity contribution in [2.24, 2.45) is 0 Å². The number of carbonyl (C=O) groups excluding carboxylic acids is 1. The molecule has 2 aromatic rings. The Bertz CT molecular complexity index is 782. The predicted molar refractivity (Wildman–Crippen MR) is 96.1 cm³/mol. The Labute approximate surface area is 153 Å². The summed E-state index contributed by atoms with van der Waals surface area (Å²) in [6.45, 7) is 0.761. The number of rotatable bonds is 4. The number of fused-ring (bicyclic) bond motifs is 1. The van der Waals surface area contributed by atoms with Crippen LogP contribution in [-0.4, -0.2) is 29.5 Å². The standard InChI is InChI=1S/C17H18BrClN2O3/c1-23-16(22)7-4-5-11-13(19)9-14-12(17(11)18)10-20-21(14)15-6-2-3-8-24-15/h4,7,9-10,15H,2-3,5-6,8H2,1H3/b7-4+. The molecule has 2 heterocycles. The maximum atomic E-state index is 11.2. The molecular formula is C17H18BrClN2O3. The Balaban J connectivity index is 1.93. The molecule has 7 heteroatoms. The lowest BCUT2D eigenvalue weighted by Crippen LogP contribution is -2.18. The average Bonchev–Trinajstić information content (AvgIpc) is 3.02. The minimum atomic E-state index is -0.384. The van der Waals surface area contributed by atoms with Gasteiger partial charge in [-0.2, -0.15) is 5.10 Å².